The maximum atomic E-state index is 11.7. The average molecular weight is 326 g/mol. The standard InChI is InChI=1S/C15H22N2O4S/c1-3-16-15(18)7-5-12-4-6-14-13(10-12)11-17(8-9-21-14)22(2,19)20/h4,6,10H,3,5,7-9,11H2,1-2H3,(H,16,18). The van der Waals surface area contributed by atoms with Gasteiger partial charge in [-0.1, -0.05) is 12.1 Å². The van der Waals surface area contributed by atoms with Crippen LogP contribution in [0.5, 0.6) is 5.75 Å². The summed E-state index contributed by atoms with van der Waals surface area (Å²) >= 11 is 0. The molecule has 0 atom stereocenters. The van der Waals surface area contributed by atoms with Gasteiger partial charge in [0.25, 0.3) is 0 Å². The highest BCUT2D eigenvalue weighted by Crippen LogP contribution is 2.25. The van der Waals surface area contributed by atoms with Gasteiger partial charge in [-0.05, 0) is 25.0 Å². The van der Waals surface area contributed by atoms with Crippen molar-refractivity contribution in [2.45, 2.75) is 26.3 Å². The molecule has 122 valence electrons. The Balaban J connectivity index is 2.12. The predicted octanol–water partition coefficient (Wildman–Crippen LogP) is 0.909. The topological polar surface area (TPSA) is 75.7 Å². The van der Waals surface area contributed by atoms with Gasteiger partial charge in [0, 0.05) is 31.6 Å². The SMILES string of the molecule is CCNC(=O)CCc1ccc2c(c1)CN(S(C)(=O)=O)CCO2. The number of hydrogen-bond donors (Lipinski definition) is 1. The Bertz CT molecular complexity index is 643. The molecule has 0 aliphatic carbocycles. The Morgan fingerprint density at radius 2 is 2.18 bits per heavy atom. The van der Waals surface area contributed by atoms with Crippen LogP contribution in [-0.4, -0.2) is 44.6 Å². The molecule has 0 bridgehead atoms. The summed E-state index contributed by atoms with van der Waals surface area (Å²) in [6.07, 6.45) is 2.25. The number of carbonyl (C=O) groups is 1. The van der Waals surface area contributed by atoms with Gasteiger partial charge in [-0.15, -0.1) is 0 Å². The molecule has 1 aromatic carbocycles. The molecular weight excluding hydrogens is 304 g/mol. The van der Waals surface area contributed by atoms with Gasteiger partial charge < -0.3 is 10.1 Å². The third kappa shape index (κ3) is 4.45. The van der Waals surface area contributed by atoms with E-state index in [-0.39, 0.29) is 5.91 Å². The lowest BCUT2D eigenvalue weighted by Gasteiger charge is -2.16. The van der Waals surface area contributed by atoms with Crippen LogP contribution in [0.15, 0.2) is 18.2 Å². The molecule has 0 fully saturated rings. The number of nitrogens with one attached hydrogen (secondary N) is 1. The summed E-state index contributed by atoms with van der Waals surface area (Å²) in [4.78, 5) is 11.5. The number of sulfonamides is 1. The lowest BCUT2D eigenvalue weighted by Crippen LogP contribution is -2.31. The van der Waals surface area contributed by atoms with Crippen molar-refractivity contribution in [3.8, 4) is 5.75 Å². The minimum Gasteiger partial charge on any atom is -0.492 e. The van der Waals surface area contributed by atoms with Crippen molar-refractivity contribution in [2.24, 2.45) is 0 Å². The second-order valence-electron chi connectivity index (χ2n) is 5.34. The molecule has 1 N–H and O–H groups in total. The van der Waals surface area contributed by atoms with Gasteiger partial charge in [0.15, 0.2) is 0 Å². The Kier molecular flexibility index (Phi) is 5.42. The van der Waals surface area contributed by atoms with Crippen molar-refractivity contribution in [3.05, 3.63) is 29.3 Å². The van der Waals surface area contributed by atoms with Crippen molar-refractivity contribution in [3.63, 3.8) is 0 Å². The van der Waals surface area contributed by atoms with Crippen LogP contribution in [-0.2, 0) is 27.8 Å². The molecule has 0 saturated heterocycles. The van der Waals surface area contributed by atoms with Crippen LogP contribution in [0.1, 0.15) is 24.5 Å². The fraction of sp³-hybridized carbons (Fsp3) is 0.533. The molecule has 0 aromatic heterocycles. The number of carbonyl (C=O) groups excluding carboxylic acids is 1. The number of benzene rings is 1. The van der Waals surface area contributed by atoms with Crippen LogP contribution < -0.4 is 10.1 Å². The van der Waals surface area contributed by atoms with Crippen LogP contribution in [0.2, 0.25) is 0 Å². The molecule has 1 amide bonds. The largest absolute Gasteiger partial charge is 0.492 e. The van der Waals surface area contributed by atoms with Gasteiger partial charge in [0.2, 0.25) is 15.9 Å². The maximum absolute atomic E-state index is 11.7. The predicted molar refractivity (Wildman–Crippen MR) is 84.2 cm³/mol. The van der Waals surface area contributed by atoms with Gasteiger partial charge in [0.05, 0.1) is 6.26 Å². The molecule has 6 nitrogen and oxygen atoms in total. The van der Waals surface area contributed by atoms with E-state index in [0.29, 0.717) is 44.8 Å². The number of amides is 1. The first-order valence-electron chi connectivity index (χ1n) is 7.36. The van der Waals surface area contributed by atoms with Crippen molar-refractivity contribution in [1.29, 1.82) is 0 Å². The molecule has 0 spiro atoms. The highest BCUT2D eigenvalue weighted by atomic mass is 32.2. The van der Waals surface area contributed by atoms with Gasteiger partial charge in [-0.25, -0.2) is 8.42 Å². The maximum Gasteiger partial charge on any atom is 0.220 e. The van der Waals surface area contributed by atoms with Crippen molar-refractivity contribution < 1.29 is 17.9 Å². The van der Waals surface area contributed by atoms with E-state index >= 15 is 0 Å². The minimum atomic E-state index is -3.25. The van der Waals surface area contributed by atoms with E-state index < -0.39 is 10.0 Å². The number of aryl methyl sites for hydroxylation is 1. The van der Waals surface area contributed by atoms with Crippen LogP contribution in [0, 0.1) is 0 Å². The van der Waals surface area contributed by atoms with E-state index in [9.17, 15) is 13.2 Å². The molecule has 7 heteroatoms. The number of hydrogen-bond acceptors (Lipinski definition) is 4. The lowest BCUT2D eigenvalue weighted by molar-refractivity contribution is -0.120. The minimum absolute atomic E-state index is 0.0199. The number of fused-ring (bicyclic) bond motifs is 1. The molecule has 2 rings (SSSR count). The highest BCUT2D eigenvalue weighted by Gasteiger charge is 2.22. The summed E-state index contributed by atoms with van der Waals surface area (Å²) in [5.41, 5.74) is 1.85. The highest BCUT2D eigenvalue weighted by molar-refractivity contribution is 7.88. The van der Waals surface area contributed by atoms with Gasteiger partial charge in [0.1, 0.15) is 12.4 Å². The summed E-state index contributed by atoms with van der Waals surface area (Å²) in [6, 6.07) is 5.71. The first kappa shape index (κ1) is 16.8. The third-order valence-electron chi connectivity index (χ3n) is 3.55. The molecule has 1 aliphatic rings. The van der Waals surface area contributed by atoms with Gasteiger partial charge in [-0.2, -0.15) is 4.31 Å². The fourth-order valence-electron chi connectivity index (χ4n) is 2.41. The van der Waals surface area contributed by atoms with Crippen molar-refractivity contribution in [1.82, 2.24) is 9.62 Å². The van der Waals surface area contributed by atoms with E-state index in [2.05, 4.69) is 5.32 Å². The molecule has 0 unspecified atom stereocenters. The van der Waals surface area contributed by atoms with Crippen molar-refractivity contribution >= 4 is 15.9 Å². The fourth-order valence-corrected chi connectivity index (χ4v) is 3.19. The number of ether oxygens (including phenoxy) is 1. The molecular formula is C15H22N2O4S. The Hall–Kier alpha value is -1.60. The Morgan fingerprint density at radius 1 is 1.41 bits per heavy atom. The zero-order valence-corrected chi connectivity index (χ0v) is 13.8. The molecule has 1 aliphatic heterocycles. The molecule has 1 aromatic rings. The zero-order chi connectivity index (χ0) is 16.2. The van der Waals surface area contributed by atoms with E-state index in [4.69, 9.17) is 4.74 Å². The quantitative estimate of drug-likeness (QED) is 0.873. The van der Waals surface area contributed by atoms with Gasteiger partial charge >= 0.3 is 0 Å². The van der Waals surface area contributed by atoms with E-state index in [1.165, 1.54) is 10.6 Å². The summed E-state index contributed by atoms with van der Waals surface area (Å²) in [5.74, 6) is 0.736. The van der Waals surface area contributed by atoms with Crippen LogP contribution >= 0.6 is 0 Å². The number of nitrogens with zero attached hydrogens (tertiary/aromatic N) is 1. The van der Waals surface area contributed by atoms with Gasteiger partial charge in [-0.3, -0.25) is 4.79 Å². The smallest absolute Gasteiger partial charge is 0.220 e. The molecule has 0 radical (unpaired) electrons. The summed E-state index contributed by atoms with van der Waals surface area (Å²) in [5, 5.41) is 2.76. The lowest BCUT2D eigenvalue weighted by atomic mass is 10.1. The van der Waals surface area contributed by atoms with E-state index in [0.717, 1.165) is 11.1 Å². The third-order valence-corrected chi connectivity index (χ3v) is 4.80. The second-order valence-corrected chi connectivity index (χ2v) is 7.32. The second kappa shape index (κ2) is 7.11. The summed E-state index contributed by atoms with van der Waals surface area (Å²) < 4.78 is 30.5. The number of rotatable bonds is 5. The normalized spacial score (nSPS) is 15.5. The zero-order valence-electron chi connectivity index (χ0n) is 13.0. The van der Waals surface area contributed by atoms with Crippen LogP contribution in [0.3, 0.4) is 0 Å². The monoisotopic (exact) mass is 326 g/mol. The first-order chi connectivity index (χ1) is 10.4. The van der Waals surface area contributed by atoms with Crippen molar-refractivity contribution in [2.75, 3.05) is 26.0 Å². The molecule has 1 heterocycles. The van der Waals surface area contributed by atoms with E-state index in [1.807, 2.05) is 25.1 Å². The van der Waals surface area contributed by atoms with Crippen LogP contribution in [0.25, 0.3) is 0 Å². The molecule has 22 heavy (non-hydrogen) atoms. The first-order valence-corrected chi connectivity index (χ1v) is 9.21. The Labute approximate surface area is 131 Å². The summed E-state index contributed by atoms with van der Waals surface area (Å²) in [7, 11) is -3.25. The average Bonchev–Trinajstić information content (AvgIpc) is 2.66. The van der Waals surface area contributed by atoms with E-state index in [1.54, 1.807) is 0 Å². The Morgan fingerprint density at radius 3 is 2.86 bits per heavy atom. The van der Waals surface area contributed by atoms with Crippen LogP contribution in [0.4, 0.5) is 0 Å². The summed E-state index contributed by atoms with van der Waals surface area (Å²) in [6.45, 7) is 3.51. The molecule has 0 saturated carbocycles.